The molecule has 0 aliphatic heterocycles. The van der Waals surface area contributed by atoms with Crippen LogP contribution in [0.15, 0.2) is 36.2 Å². The van der Waals surface area contributed by atoms with E-state index in [-0.39, 0.29) is 5.41 Å². The smallest absolute Gasteiger partial charge is 0.0838 e. The maximum Gasteiger partial charge on any atom is 0.0838 e. The summed E-state index contributed by atoms with van der Waals surface area (Å²) >= 11 is 0. The van der Waals surface area contributed by atoms with E-state index in [9.17, 15) is 0 Å². The standard InChI is InChI=1S/C15H17N3/c1-3-11(2)14(17)8-13-5-4-12(9-18-13)15(10-16)6-7-15/h4-5,8-9H,2-3,6-7,17H2,1H3/b14-8+. The minimum atomic E-state index is -0.270. The van der Waals surface area contributed by atoms with Crippen LogP contribution in [0.5, 0.6) is 0 Å². The first kappa shape index (κ1) is 12.4. The second kappa shape index (κ2) is 4.66. The SMILES string of the molecule is C=C(CC)/C(N)=C\c1ccc(C2(C#N)CC2)cn1. The predicted molar refractivity (Wildman–Crippen MR) is 72.4 cm³/mol. The molecule has 0 atom stereocenters. The van der Waals surface area contributed by atoms with Crippen LogP contribution in [0.4, 0.5) is 0 Å². The van der Waals surface area contributed by atoms with Crippen molar-refractivity contribution >= 4 is 6.08 Å². The van der Waals surface area contributed by atoms with Gasteiger partial charge in [-0.15, -0.1) is 0 Å². The number of aromatic nitrogens is 1. The fraction of sp³-hybridized carbons (Fsp3) is 0.333. The molecule has 3 nitrogen and oxygen atoms in total. The highest BCUT2D eigenvalue weighted by Crippen LogP contribution is 2.47. The van der Waals surface area contributed by atoms with Crippen LogP contribution >= 0.6 is 0 Å². The van der Waals surface area contributed by atoms with E-state index >= 15 is 0 Å². The van der Waals surface area contributed by atoms with Crippen LogP contribution in [0.25, 0.3) is 6.08 Å². The van der Waals surface area contributed by atoms with Gasteiger partial charge in [0.2, 0.25) is 0 Å². The van der Waals surface area contributed by atoms with E-state index in [1.807, 2.05) is 25.1 Å². The molecule has 1 aromatic rings. The molecule has 1 aliphatic carbocycles. The average molecular weight is 239 g/mol. The van der Waals surface area contributed by atoms with Gasteiger partial charge >= 0.3 is 0 Å². The van der Waals surface area contributed by atoms with E-state index in [1.165, 1.54) is 0 Å². The van der Waals surface area contributed by atoms with E-state index in [2.05, 4.69) is 17.6 Å². The summed E-state index contributed by atoms with van der Waals surface area (Å²) in [6.07, 6.45) is 6.31. The van der Waals surface area contributed by atoms with Crippen LogP contribution in [-0.4, -0.2) is 4.98 Å². The Morgan fingerprint density at radius 1 is 1.61 bits per heavy atom. The van der Waals surface area contributed by atoms with Crippen molar-refractivity contribution in [1.82, 2.24) is 4.98 Å². The van der Waals surface area contributed by atoms with Crippen molar-refractivity contribution in [3.63, 3.8) is 0 Å². The van der Waals surface area contributed by atoms with Crippen molar-refractivity contribution < 1.29 is 0 Å². The molecule has 2 rings (SSSR count). The fourth-order valence-electron chi connectivity index (χ4n) is 1.83. The summed E-state index contributed by atoms with van der Waals surface area (Å²) in [5.74, 6) is 0. The third-order valence-electron chi connectivity index (χ3n) is 3.44. The van der Waals surface area contributed by atoms with Crippen molar-refractivity contribution in [2.24, 2.45) is 5.73 Å². The van der Waals surface area contributed by atoms with Gasteiger partial charge in [-0.25, -0.2) is 0 Å². The molecule has 0 spiro atoms. The van der Waals surface area contributed by atoms with Gasteiger partial charge in [0.1, 0.15) is 0 Å². The van der Waals surface area contributed by atoms with Crippen molar-refractivity contribution in [3.8, 4) is 6.07 Å². The molecule has 3 heteroatoms. The highest BCUT2D eigenvalue weighted by Gasteiger charge is 2.45. The number of nitrogens with zero attached hydrogens (tertiary/aromatic N) is 2. The van der Waals surface area contributed by atoms with Gasteiger partial charge in [-0.2, -0.15) is 5.26 Å². The summed E-state index contributed by atoms with van der Waals surface area (Å²) in [7, 11) is 0. The Bertz CT molecular complexity index is 528. The maximum atomic E-state index is 9.11. The van der Waals surface area contributed by atoms with Crippen LogP contribution in [0.3, 0.4) is 0 Å². The molecular formula is C15H17N3. The molecule has 1 fully saturated rings. The number of allylic oxidation sites excluding steroid dienone is 1. The Hall–Kier alpha value is -2.08. The average Bonchev–Trinajstić information content (AvgIpc) is 3.19. The zero-order valence-corrected chi connectivity index (χ0v) is 10.6. The first-order valence-corrected chi connectivity index (χ1v) is 6.14. The second-order valence-electron chi connectivity index (χ2n) is 4.72. The Balaban J connectivity index is 2.19. The van der Waals surface area contributed by atoms with Crippen LogP contribution in [-0.2, 0) is 5.41 Å². The molecule has 0 saturated heterocycles. The van der Waals surface area contributed by atoms with E-state index in [0.29, 0.717) is 5.70 Å². The number of rotatable bonds is 4. The molecule has 1 aliphatic rings. The molecule has 1 aromatic heterocycles. The summed E-state index contributed by atoms with van der Waals surface area (Å²) in [6.45, 7) is 5.90. The molecule has 2 N–H and O–H groups in total. The number of pyridine rings is 1. The summed E-state index contributed by atoms with van der Waals surface area (Å²) in [5, 5.41) is 9.11. The van der Waals surface area contributed by atoms with Gasteiger partial charge in [0.05, 0.1) is 17.2 Å². The van der Waals surface area contributed by atoms with Gasteiger partial charge in [-0.05, 0) is 42.5 Å². The Morgan fingerprint density at radius 3 is 2.78 bits per heavy atom. The Kier molecular flexibility index (Phi) is 3.20. The molecule has 18 heavy (non-hydrogen) atoms. The summed E-state index contributed by atoms with van der Waals surface area (Å²) in [4.78, 5) is 4.34. The number of hydrogen-bond acceptors (Lipinski definition) is 3. The van der Waals surface area contributed by atoms with Gasteiger partial charge in [0.25, 0.3) is 0 Å². The Labute approximate surface area is 108 Å². The first-order valence-electron chi connectivity index (χ1n) is 6.14. The number of nitrogens with two attached hydrogens (primary N) is 1. The first-order chi connectivity index (χ1) is 8.61. The van der Waals surface area contributed by atoms with Gasteiger partial charge in [0, 0.05) is 11.9 Å². The summed E-state index contributed by atoms with van der Waals surface area (Å²) in [6, 6.07) is 6.24. The Morgan fingerprint density at radius 2 is 2.33 bits per heavy atom. The normalized spacial score (nSPS) is 17.0. The third-order valence-corrected chi connectivity index (χ3v) is 3.44. The third kappa shape index (κ3) is 2.28. The zero-order valence-electron chi connectivity index (χ0n) is 10.6. The van der Waals surface area contributed by atoms with E-state index in [4.69, 9.17) is 11.0 Å². The van der Waals surface area contributed by atoms with Gasteiger partial charge in [-0.3, -0.25) is 4.98 Å². The molecule has 1 heterocycles. The molecule has 0 amide bonds. The van der Waals surface area contributed by atoms with E-state index < -0.39 is 0 Å². The summed E-state index contributed by atoms with van der Waals surface area (Å²) < 4.78 is 0. The van der Waals surface area contributed by atoms with Crippen molar-refractivity contribution in [2.45, 2.75) is 31.6 Å². The zero-order chi connectivity index (χ0) is 13.2. The van der Waals surface area contributed by atoms with Gasteiger partial charge in [-0.1, -0.05) is 19.6 Å². The quantitative estimate of drug-likeness (QED) is 0.822. The maximum absolute atomic E-state index is 9.11. The predicted octanol–water partition coefficient (Wildman–Crippen LogP) is 2.90. The topological polar surface area (TPSA) is 62.7 Å². The second-order valence-corrected chi connectivity index (χ2v) is 4.72. The lowest BCUT2D eigenvalue weighted by Crippen LogP contribution is -2.04. The highest BCUT2D eigenvalue weighted by atomic mass is 14.7. The fourth-order valence-corrected chi connectivity index (χ4v) is 1.83. The minimum Gasteiger partial charge on any atom is -0.398 e. The molecular weight excluding hydrogens is 222 g/mol. The van der Waals surface area contributed by atoms with Crippen molar-refractivity contribution in [3.05, 3.63) is 47.4 Å². The molecule has 0 unspecified atom stereocenters. The van der Waals surface area contributed by atoms with Crippen LogP contribution < -0.4 is 5.73 Å². The number of hydrogen-bond donors (Lipinski definition) is 1. The molecule has 0 aromatic carbocycles. The van der Waals surface area contributed by atoms with Gasteiger partial charge in [0.15, 0.2) is 0 Å². The molecule has 0 bridgehead atoms. The van der Waals surface area contributed by atoms with Crippen molar-refractivity contribution in [2.75, 3.05) is 0 Å². The van der Waals surface area contributed by atoms with E-state index in [1.54, 1.807) is 6.20 Å². The number of nitriles is 1. The van der Waals surface area contributed by atoms with Crippen LogP contribution in [0.1, 0.15) is 37.4 Å². The van der Waals surface area contributed by atoms with Crippen LogP contribution in [0.2, 0.25) is 0 Å². The largest absolute Gasteiger partial charge is 0.398 e. The highest BCUT2D eigenvalue weighted by molar-refractivity contribution is 5.54. The molecule has 1 saturated carbocycles. The van der Waals surface area contributed by atoms with Gasteiger partial charge < -0.3 is 5.73 Å². The minimum absolute atomic E-state index is 0.270. The summed E-state index contributed by atoms with van der Waals surface area (Å²) in [5.41, 5.74) is 9.02. The molecule has 92 valence electrons. The lowest BCUT2D eigenvalue weighted by molar-refractivity contribution is 0.896. The monoisotopic (exact) mass is 239 g/mol. The van der Waals surface area contributed by atoms with Crippen molar-refractivity contribution in [1.29, 1.82) is 5.26 Å². The van der Waals surface area contributed by atoms with Crippen LogP contribution in [0, 0.1) is 11.3 Å². The lowest BCUT2D eigenvalue weighted by atomic mass is 9.99. The van der Waals surface area contributed by atoms with E-state index in [0.717, 1.165) is 36.1 Å². The lowest BCUT2D eigenvalue weighted by Gasteiger charge is -2.06. The molecule has 0 radical (unpaired) electrons.